The predicted octanol–water partition coefficient (Wildman–Crippen LogP) is 6.79. The van der Waals surface area contributed by atoms with E-state index < -0.39 is 19.4 Å². The Balaban J connectivity index is 1.49. The van der Waals surface area contributed by atoms with E-state index in [1.807, 2.05) is 33.6 Å². The maximum Gasteiger partial charge on any atom is 0.274 e. The summed E-state index contributed by atoms with van der Waals surface area (Å²) in [7, 11) is -2.05. The minimum atomic E-state index is -2.05. The van der Waals surface area contributed by atoms with Crippen molar-refractivity contribution in [2.75, 3.05) is 6.61 Å². The summed E-state index contributed by atoms with van der Waals surface area (Å²) >= 11 is 0. The van der Waals surface area contributed by atoms with Gasteiger partial charge in [-0.15, -0.1) is 0 Å². The van der Waals surface area contributed by atoms with Crippen LogP contribution in [-0.4, -0.2) is 35.5 Å². The van der Waals surface area contributed by atoms with Gasteiger partial charge in [0.2, 0.25) is 0 Å². The highest BCUT2D eigenvalue weighted by Gasteiger charge is 2.74. The fraction of sp³-hybridized carbons (Fsp3) is 0.722. The molecule has 0 amide bonds. The number of fused-ring (bicyclic) bond motifs is 2. The molecule has 0 unspecified atom stereocenters. The molecule has 2 bridgehead atoms. The van der Waals surface area contributed by atoms with Crippen LogP contribution in [0.25, 0.3) is 10.8 Å². The lowest BCUT2D eigenvalue weighted by atomic mass is 9.40. The molecule has 234 valence electrons. The van der Waals surface area contributed by atoms with Gasteiger partial charge in [0.25, 0.3) is 11.1 Å². The number of rotatable bonds is 4. The van der Waals surface area contributed by atoms with Gasteiger partial charge in [0.1, 0.15) is 0 Å². The number of aromatic nitrogens is 2. The number of hydrogen-bond donors (Lipinski definition) is 1. The lowest BCUT2D eigenvalue weighted by Gasteiger charge is -2.72. The Bertz CT molecular complexity index is 1630. The zero-order valence-electron chi connectivity index (χ0n) is 27.6. The first-order valence-corrected chi connectivity index (χ1v) is 19.8. The maximum absolute atomic E-state index is 14.9. The highest BCUT2D eigenvalue weighted by molar-refractivity contribution is 6.74. The zero-order valence-corrected chi connectivity index (χ0v) is 28.6. The zero-order chi connectivity index (χ0) is 31.0. The van der Waals surface area contributed by atoms with Crippen molar-refractivity contribution in [3.63, 3.8) is 0 Å². The molecule has 6 aliphatic rings. The van der Waals surface area contributed by atoms with E-state index >= 15 is 0 Å². The van der Waals surface area contributed by atoms with E-state index in [1.165, 1.54) is 0 Å². The summed E-state index contributed by atoms with van der Waals surface area (Å²) in [6.45, 7) is 18.8. The topological polar surface area (TPSA) is 73.5 Å². The largest absolute Gasteiger partial charge is 0.414 e. The van der Waals surface area contributed by atoms with E-state index in [1.54, 1.807) is 0 Å². The first-order chi connectivity index (χ1) is 20.1. The summed E-state index contributed by atoms with van der Waals surface area (Å²) < 4.78 is 11.1. The summed E-state index contributed by atoms with van der Waals surface area (Å²) in [5, 5.41) is 11.4. The number of hydrogen-bond acceptors (Lipinski definition) is 4. The lowest BCUT2D eigenvalue weighted by molar-refractivity contribution is -0.200. The molecule has 1 aromatic carbocycles. The highest BCUT2D eigenvalue weighted by atomic mass is 28.4. The minimum absolute atomic E-state index is 0.00864. The fourth-order valence-corrected chi connectivity index (χ4v) is 12.6. The molecule has 7 heteroatoms. The number of aliphatic hydroxyl groups excluding tert-OH is 1. The Morgan fingerprint density at radius 2 is 1.60 bits per heavy atom. The van der Waals surface area contributed by atoms with Gasteiger partial charge >= 0.3 is 0 Å². The molecular weight excluding hydrogens is 552 g/mol. The monoisotopic (exact) mass is 604 g/mol. The van der Waals surface area contributed by atoms with Crippen LogP contribution in [0, 0.1) is 34.5 Å². The van der Waals surface area contributed by atoms with Crippen molar-refractivity contribution in [2.45, 2.75) is 122 Å². The van der Waals surface area contributed by atoms with Crippen LogP contribution >= 0.6 is 0 Å². The van der Waals surface area contributed by atoms with Crippen LogP contribution in [0.4, 0.5) is 0 Å². The summed E-state index contributed by atoms with van der Waals surface area (Å²) in [5.41, 5.74) is -1.42. The van der Waals surface area contributed by atoms with Crippen LogP contribution in [0.1, 0.15) is 86.5 Å². The molecule has 9 atom stereocenters. The first-order valence-electron chi connectivity index (χ1n) is 16.9. The van der Waals surface area contributed by atoms with Crippen molar-refractivity contribution in [1.82, 2.24) is 9.36 Å². The first kappa shape index (κ1) is 29.7. The standard InChI is InChI=1S/C36H52N2O4Si/c1-23(22-39)27-13-14-28-33(27,5)17-16-29-34(6)18-15-24(42-43(7,8)32(2,3)4)21-35(34)19-20-36(28,29)38-31(41)26-12-10-9-11-25(26)30(40)37(35)38/h9-12,19-20,23-24,27-29,39H,13-18,21-22H2,1-8H3/t23-,24+,27-,28-,29-,33-,34-,35-,36+/m1/s1. The molecule has 1 N–H and O–H groups in total. The van der Waals surface area contributed by atoms with Crippen LogP contribution in [0.5, 0.6) is 0 Å². The molecule has 1 aromatic heterocycles. The Morgan fingerprint density at radius 3 is 2.23 bits per heavy atom. The quantitative estimate of drug-likeness (QED) is 0.308. The second-order valence-corrected chi connectivity index (χ2v) is 21.8. The van der Waals surface area contributed by atoms with Gasteiger partial charge in [-0.1, -0.05) is 65.8 Å². The molecule has 3 saturated carbocycles. The van der Waals surface area contributed by atoms with E-state index in [2.05, 4.69) is 66.8 Å². The van der Waals surface area contributed by atoms with Crippen molar-refractivity contribution in [2.24, 2.45) is 34.5 Å². The van der Waals surface area contributed by atoms with Crippen molar-refractivity contribution in [3.8, 4) is 0 Å². The summed E-state index contributed by atoms with van der Waals surface area (Å²) in [6, 6.07) is 7.46. The molecule has 2 aromatic rings. The maximum atomic E-state index is 14.9. The van der Waals surface area contributed by atoms with Crippen molar-refractivity contribution < 1.29 is 9.53 Å². The number of allylic oxidation sites excluding steroid dienone is 2. The van der Waals surface area contributed by atoms with Crippen molar-refractivity contribution in [3.05, 3.63) is 57.1 Å². The predicted molar refractivity (Wildman–Crippen MR) is 175 cm³/mol. The van der Waals surface area contributed by atoms with Gasteiger partial charge in [-0.25, -0.2) is 9.36 Å². The van der Waals surface area contributed by atoms with Gasteiger partial charge < -0.3 is 9.53 Å². The van der Waals surface area contributed by atoms with Crippen molar-refractivity contribution in [1.29, 1.82) is 0 Å². The van der Waals surface area contributed by atoms with Crippen LogP contribution in [-0.2, 0) is 15.5 Å². The Hall–Kier alpha value is -1.96. The molecule has 3 heterocycles. The molecule has 4 aliphatic carbocycles. The number of benzene rings is 1. The normalized spacial score (nSPS) is 40.6. The summed E-state index contributed by atoms with van der Waals surface area (Å²) in [5.74, 6) is 1.11. The Labute approximate surface area is 257 Å². The van der Waals surface area contributed by atoms with E-state index in [0.29, 0.717) is 16.7 Å². The molecule has 8 rings (SSSR count). The average Bonchev–Trinajstić information content (AvgIpc) is 3.32. The summed E-state index contributed by atoms with van der Waals surface area (Å²) in [4.78, 5) is 29.7. The van der Waals surface area contributed by atoms with Gasteiger partial charge in [0, 0.05) is 24.5 Å². The van der Waals surface area contributed by atoms with Gasteiger partial charge in [-0.3, -0.25) is 9.59 Å². The molecule has 3 fully saturated rings. The third-order valence-electron chi connectivity index (χ3n) is 14.4. The molecule has 0 radical (unpaired) electrons. The van der Waals surface area contributed by atoms with E-state index in [9.17, 15) is 14.7 Å². The van der Waals surface area contributed by atoms with Crippen LogP contribution in [0.2, 0.25) is 18.1 Å². The lowest BCUT2D eigenvalue weighted by Crippen LogP contribution is -2.78. The highest BCUT2D eigenvalue weighted by Crippen LogP contribution is 2.74. The van der Waals surface area contributed by atoms with E-state index in [0.717, 1.165) is 44.9 Å². The van der Waals surface area contributed by atoms with Gasteiger partial charge in [-0.2, -0.15) is 0 Å². The molecule has 2 aliphatic heterocycles. The molecule has 2 spiro atoms. The summed E-state index contributed by atoms with van der Waals surface area (Å²) in [6.07, 6.45) is 11.7. The Morgan fingerprint density at radius 1 is 0.953 bits per heavy atom. The van der Waals surface area contributed by atoms with Crippen LogP contribution < -0.4 is 11.1 Å². The van der Waals surface area contributed by atoms with Crippen LogP contribution in [0.15, 0.2) is 46.0 Å². The van der Waals surface area contributed by atoms with E-state index in [4.69, 9.17) is 4.43 Å². The molecule has 0 saturated heterocycles. The second kappa shape index (κ2) is 9.07. The smallest absolute Gasteiger partial charge is 0.274 e. The van der Waals surface area contributed by atoms with Crippen molar-refractivity contribution >= 4 is 19.1 Å². The van der Waals surface area contributed by atoms with Gasteiger partial charge in [-0.05, 0) is 97.9 Å². The number of aliphatic hydroxyl groups is 1. The van der Waals surface area contributed by atoms with E-state index in [-0.39, 0.29) is 57.5 Å². The molecule has 43 heavy (non-hydrogen) atoms. The number of nitrogens with zero attached hydrogens (tertiary/aromatic N) is 2. The average molecular weight is 605 g/mol. The Kier molecular flexibility index (Phi) is 6.27. The SMILES string of the molecule is C[C@H](CO)[C@H]1CC[C@@H]2[C@]1(C)CC[C@H]1[C@]23C=C[C@]2(C[C@@H](O[Si](C)(C)C(C)(C)C)CC[C@]12C)n1c(=O)c2ccccc2c(=O)n13. The fourth-order valence-electron chi connectivity index (χ4n) is 11.2. The third kappa shape index (κ3) is 3.48. The van der Waals surface area contributed by atoms with Gasteiger partial charge in [0.15, 0.2) is 8.32 Å². The third-order valence-corrected chi connectivity index (χ3v) is 18.9. The van der Waals surface area contributed by atoms with Crippen LogP contribution in [0.3, 0.4) is 0 Å². The second-order valence-electron chi connectivity index (χ2n) is 17.1. The van der Waals surface area contributed by atoms with Gasteiger partial charge in [0.05, 0.1) is 21.9 Å². The molecule has 6 nitrogen and oxygen atoms in total. The molecular formula is C36H52N2O4Si. The minimum Gasteiger partial charge on any atom is -0.414 e.